The first-order chi connectivity index (χ1) is 9.30. The van der Waals surface area contributed by atoms with Crippen molar-refractivity contribution in [2.24, 2.45) is 0 Å². The van der Waals surface area contributed by atoms with Crippen LogP contribution in [-0.4, -0.2) is 43.8 Å². The highest BCUT2D eigenvalue weighted by Crippen LogP contribution is 2.21. The van der Waals surface area contributed by atoms with E-state index in [0.717, 1.165) is 0 Å². The van der Waals surface area contributed by atoms with E-state index in [4.69, 9.17) is 4.74 Å². The van der Waals surface area contributed by atoms with E-state index in [1.165, 1.54) is 23.4 Å². The summed E-state index contributed by atoms with van der Waals surface area (Å²) in [5.41, 5.74) is 0.507. The number of benzene rings is 1. The summed E-state index contributed by atoms with van der Waals surface area (Å²) in [6.45, 7) is 5.87. The van der Waals surface area contributed by atoms with E-state index in [1.807, 2.05) is 13.8 Å². The van der Waals surface area contributed by atoms with Crippen LogP contribution in [0.15, 0.2) is 29.2 Å². The molecule has 1 fully saturated rings. The van der Waals surface area contributed by atoms with Crippen molar-refractivity contribution in [3.8, 4) is 0 Å². The predicted octanol–water partition coefficient (Wildman–Crippen LogP) is 1.69. The number of rotatable bonds is 3. The zero-order valence-corrected chi connectivity index (χ0v) is 12.7. The zero-order chi connectivity index (χ0) is 14.9. The fourth-order valence-corrected chi connectivity index (χ4v) is 3.93. The number of morpholine rings is 1. The largest absolute Gasteiger partial charge is 0.373 e. The molecular weight excluding hydrogens is 278 g/mol. The molecule has 0 aliphatic carbocycles. The maximum Gasteiger partial charge on any atom is 0.243 e. The number of ketones is 1. The Balaban J connectivity index is 2.27. The highest BCUT2D eigenvalue weighted by Gasteiger charge is 2.32. The Morgan fingerprint density at radius 3 is 2.10 bits per heavy atom. The van der Waals surface area contributed by atoms with E-state index in [-0.39, 0.29) is 22.9 Å². The molecule has 2 rings (SSSR count). The molecule has 5 nitrogen and oxygen atoms in total. The van der Waals surface area contributed by atoms with Crippen molar-refractivity contribution >= 4 is 15.8 Å². The van der Waals surface area contributed by atoms with Crippen molar-refractivity contribution < 1.29 is 17.9 Å². The molecule has 0 amide bonds. The SMILES string of the molecule is CC(=O)c1ccc(S(=O)(=O)N2C[C@H](C)O[C@@H](C)C2)cc1. The van der Waals surface area contributed by atoms with Gasteiger partial charge in [0.25, 0.3) is 0 Å². The average Bonchev–Trinajstić information content (AvgIpc) is 2.37. The Morgan fingerprint density at radius 1 is 1.15 bits per heavy atom. The Kier molecular flexibility index (Phi) is 4.27. The summed E-state index contributed by atoms with van der Waals surface area (Å²) >= 11 is 0. The van der Waals surface area contributed by atoms with Gasteiger partial charge in [0.2, 0.25) is 10.0 Å². The molecule has 0 unspecified atom stereocenters. The van der Waals surface area contributed by atoms with Gasteiger partial charge >= 0.3 is 0 Å². The smallest absolute Gasteiger partial charge is 0.243 e. The second kappa shape index (κ2) is 5.63. The number of carbonyl (C=O) groups excluding carboxylic acids is 1. The Hall–Kier alpha value is -1.24. The van der Waals surface area contributed by atoms with E-state index < -0.39 is 10.0 Å². The first-order valence-electron chi connectivity index (χ1n) is 6.57. The first kappa shape index (κ1) is 15.2. The third-order valence-corrected chi connectivity index (χ3v) is 5.13. The van der Waals surface area contributed by atoms with Gasteiger partial charge in [0.05, 0.1) is 17.1 Å². The third kappa shape index (κ3) is 3.08. The number of ether oxygens (including phenoxy) is 1. The van der Waals surface area contributed by atoms with Gasteiger partial charge in [0.1, 0.15) is 0 Å². The van der Waals surface area contributed by atoms with Crippen LogP contribution < -0.4 is 0 Å². The molecule has 1 saturated heterocycles. The number of carbonyl (C=O) groups is 1. The topological polar surface area (TPSA) is 63.7 Å². The van der Waals surface area contributed by atoms with Crippen molar-refractivity contribution in [3.05, 3.63) is 29.8 Å². The van der Waals surface area contributed by atoms with Crippen molar-refractivity contribution in [2.45, 2.75) is 37.9 Å². The van der Waals surface area contributed by atoms with Crippen LogP contribution in [0.2, 0.25) is 0 Å². The maximum absolute atomic E-state index is 12.5. The zero-order valence-electron chi connectivity index (χ0n) is 11.9. The van der Waals surface area contributed by atoms with Crippen LogP contribution >= 0.6 is 0 Å². The number of hydrogen-bond donors (Lipinski definition) is 0. The molecule has 6 heteroatoms. The second-order valence-electron chi connectivity index (χ2n) is 5.16. The highest BCUT2D eigenvalue weighted by atomic mass is 32.2. The summed E-state index contributed by atoms with van der Waals surface area (Å²) in [7, 11) is -3.53. The van der Waals surface area contributed by atoms with Crippen LogP contribution in [0.3, 0.4) is 0 Å². The summed E-state index contributed by atoms with van der Waals surface area (Å²) in [5.74, 6) is -0.0810. The normalized spacial score (nSPS) is 24.6. The lowest BCUT2D eigenvalue weighted by Gasteiger charge is -2.34. The fourth-order valence-electron chi connectivity index (χ4n) is 2.34. The van der Waals surface area contributed by atoms with Crippen LogP contribution in [0, 0.1) is 0 Å². The minimum absolute atomic E-state index is 0.0810. The van der Waals surface area contributed by atoms with Crippen LogP contribution in [-0.2, 0) is 14.8 Å². The van der Waals surface area contributed by atoms with Crippen LogP contribution in [0.4, 0.5) is 0 Å². The Morgan fingerprint density at radius 2 is 1.65 bits per heavy atom. The lowest BCUT2D eigenvalue weighted by molar-refractivity contribution is -0.0440. The van der Waals surface area contributed by atoms with Crippen molar-refractivity contribution in [1.82, 2.24) is 4.31 Å². The lowest BCUT2D eigenvalue weighted by Crippen LogP contribution is -2.48. The van der Waals surface area contributed by atoms with Gasteiger partial charge in [-0.15, -0.1) is 0 Å². The van der Waals surface area contributed by atoms with Crippen molar-refractivity contribution in [1.29, 1.82) is 0 Å². The molecule has 1 aliphatic rings. The van der Waals surface area contributed by atoms with Gasteiger partial charge in [-0.1, -0.05) is 12.1 Å². The number of hydrogen-bond acceptors (Lipinski definition) is 4. The molecule has 1 aromatic carbocycles. The molecule has 1 aliphatic heterocycles. The van der Waals surface area contributed by atoms with Crippen molar-refractivity contribution in [3.63, 3.8) is 0 Å². The van der Waals surface area contributed by atoms with Crippen LogP contribution in [0.25, 0.3) is 0 Å². The molecule has 0 spiro atoms. The first-order valence-corrected chi connectivity index (χ1v) is 8.01. The van der Waals surface area contributed by atoms with E-state index in [1.54, 1.807) is 12.1 Å². The van der Waals surface area contributed by atoms with Gasteiger partial charge < -0.3 is 4.74 Å². The molecule has 0 aromatic heterocycles. The molecule has 20 heavy (non-hydrogen) atoms. The number of nitrogens with zero attached hydrogens (tertiary/aromatic N) is 1. The van der Waals surface area contributed by atoms with Gasteiger partial charge in [-0.05, 0) is 32.9 Å². The highest BCUT2D eigenvalue weighted by molar-refractivity contribution is 7.89. The van der Waals surface area contributed by atoms with E-state index in [9.17, 15) is 13.2 Å². The molecule has 0 saturated carbocycles. The van der Waals surface area contributed by atoms with E-state index in [2.05, 4.69) is 0 Å². The lowest BCUT2D eigenvalue weighted by atomic mass is 10.2. The third-order valence-electron chi connectivity index (χ3n) is 3.28. The second-order valence-corrected chi connectivity index (χ2v) is 7.10. The minimum atomic E-state index is -3.53. The monoisotopic (exact) mass is 297 g/mol. The summed E-state index contributed by atoms with van der Waals surface area (Å²) in [6, 6.07) is 6.05. The van der Waals surface area contributed by atoms with Gasteiger partial charge in [-0.3, -0.25) is 4.79 Å². The summed E-state index contributed by atoms with van der Waals surface area (Å²) in [6.07, 6.45) is -0.241. The summed E-state index contributed by atoms with van der Waals surface area (Å²) < 4.78 is 32.1. The van der Waals surface area contributed by atoms with Gasteiger partial charge in [-0.25, -0.2) is 8.42 Å². The van der Waals surface area contributed by atoms with Crippen LogP contribution in [0.1, 0.15) is 31.1 Å². The Bertz CT molecular complexity index is 584. The number of Topliss-reactive ketones (excluding diaryl/α,β-unsaturated/α-hetero) is 1. The molecular formula is C14H19NO4S. The summed E-state index contributed by atoms with van der Waals surface area (Å²) in [5, 5.41) is 0. The van der Waals surface area contributed by atoms with Crippen LogP contribution in [0.5, 0.6) is 0 Å². The fraction of sp³-hybridized carbons (Fsp3) is 0.500. The predicted molar refractivity (Wildman–Crippen MR) is 75.2 cm³/mol. The maximum atomic E-state index is 12.5. The molecule has 1 heterocycles. The summed E-state index contributed by atoms with van der Waals surface area (Å²) in [4.78, 5) is 11.4. The molecule has 0 radical (unpaired) electrons. The van der Waals surface area contributed by atoms with E-state index >= 15 is 0 Å². The van der Waals surface area contributed by atoms with E-state index in [0.29, 0.717) is 18.7 Å². The molecule has 1 aromatic rings. The minimum Gasteiger partial charge on any atom is -0.373 e. The molecule has 0 N–H and O–H groups in total. The van der Waals surface area contributed by atoms with Gasteiger partial charge in [0, 0.05) is 18.7 Å². The molecule has 2 atom stereocenters. The standard InChI is InChI=1S/C14H19NO4S/c1-10-8-15(9-11(2)19-10)20(17,18)14-6-4-13(5-7-14)12(3)16/h4-7,10-11H,8-9H2,1-3H3/t10-,11-/m0/s1. The average molecular weight is 297 g/mol. The van der Waals surface area contributed by atoms with Crippen molar-refractivity contribution in [2.75, 3.05) is 13.1 Å². The van der Waals surface area contributed by atoms with Gasteiger partial charge in [-0.2, -0.15) is 4.31 Å². The number of sulfonamides is 1. The quantitative estimate of drug-likeness (QED) is 0.796. The Labute approximate surface area is 119 Å². The molecule has 0 bridgehead atoms. The van der Waals surface area contributed by atoms with Gasteiger partial charge in [0.15, 0.2) is 5.78 Å². The molecule has 110 valence electrons.